The lowest BCUT2D eigenvalue weighted by Crippen LogP contribution is -2.40. The highest BCUT2D eigenvalue weighted by molar-refractivity contribution is 5.75. The first-order valence-corrected chi connectivity index (χ1v) is 15.6. The Morgan fingerprint density at radius 1 is 0.837 bits per heavy atom. The van der Waals surface area contributed by atoms with Crippen molar-refractivity contribution in [3.63, 3.8) is 0 Å². The first kappa shape index (κ1) is 40.3. The second kappa shape index (κ2) is 21.2. The van der Waals surface area contributed by atoms with Crippen molar-refractivity contribution >= 4 is 23.9 Å². The maximum absolute atomic E-state index is 12.7. The molecule has 0 aromatic carbocycles. The van der Waals surface area contributed by atoms with Gasteiger partial charge in [0.05, 0.1) is 78.7 Å². The summed E-state index contributed by atoms with van der Waals surface area (Å²) in [6, 6.07) is 4.69. The molecule has 2 aromatic rings. The number of nitrogens with zero attached hydrogens (tertiary/aromatic N) is 5. The fourth-order valence-corrected chi connectivity index (χ4v) is 4.57. The standard InChI is InChI=1S/C33H45N5O11/c1-6-27(39)19-37-14-12-28(40)38(33(37)45)13-10-8-7-9-11-24-15-25(17-35(20-29(41)46-2)21-30(42)47-3)34-26(16-24)18-36(22-31(43)48-4)23-32(44)49-5/h12,14-16,27,39H,6-8,10,13,17-23H2,1-5H3. The van der Waals surface area contributed by atoms with E-state index in [-0.39, 0.29) is 52.4 Å². The normalized spacial score (nSPS) is 11.4. The van der Waals surface area contributed by atoms with Crippen LogP contribution in [0.2, 0.25) is 0 Å². The number of methoxy groups -OCH3 is 4. The minimum atomic E-state index is -0.694. The van der Waals surface area contributed by atoms with Crippen molar-refractivity contribution in [2.24, 2.45) is 0 Å². The smallest absolute Gasteiger partial charge is 0.331 e. The second-order valence-electron chi connectivity index (χ2n) is 11.0. The molecule has 0 saturated carbocycles. The number of aliphatic hydroxyl groups is 1. The van der Waals surface area contributed by atoms with Gasteiger partial charge < -0.3 is 24.1 Å². The van der Waals surface area contributed by atoms with Gasteiger partial charge in [-0.15, -0.1) is 0 Å². The molecule has 0 aliphatic carbocycles. The van der Waals surface area contributed by atoms with Gasteiger partial charge in [0.2, 0.25) is 0 Å². The van der Waals surface area contributed by atoms with Crippen molar-refractivity contribution in [2.75, 3.05) is 54.6 Å². The third-order valence-electron chi connectivity index (χ3n) is 7.21. The molecular weight excluding hydrogens is 642 g/mol. The molecule has 2 rings (SSSR count). The van der Waals surface area contributed by atoms with Gasteiger partial charge in [0.1, 0.15) is 0 Å². The summed E-state index contributed by atoms with van der Waals surface area (Å²) in [5, 5.41) is 9.92. The summed E-state index contributed by atoms with van der Waals surface area (Å²) < 4.78 is 21.5. The number of ether oxygens (including phenoxy) is 4. The molecule has 0 saturated heterocycles. The predicted octanol–water partition coefficient (Wildman–Crippen LogP) is -0.306. The number of rotatable bonds is 19. The summed E-state index contributed by atoms with van der Waals surface area (Å²) in [4.78, 5) is 80.9. The Labute approximate surface area is 284 Å². The predicted molar refractivity (Wildman–Crippen MR) is 175 cm³/mol. The van der Waals surface area contributed by atoms with E-state index in [0.717, 1.165) is 4.57 Å². The van der Waals surface area contributed by atoms with Crippen LogP contribution in [0.5, 0.6) is 0 Å². The van der Waals surface area contributed by atoms with Gasteiger partial charge in [-0.25, -0.2) is 4.79 Å². The molecule has 0 bridgehead atoms. The first-order chi connectivity index (χ1) is 23.4. The lowest BCUT2D eigenvalue weighted by Gasteiger charge is -2.21. The second-order valence-corrected chi connectivity index (χ2v) is 11.0. The third-order valence-corrected chi connectivity index (χ3v) is 7.21. The van der Waals surface area contributed by atoms with Crippen molar-refractivity contribution in [1.29, 1.82) is 0 Å². The van der Waals surface area contributed by atoms with Crippen LogP contribution in [0.15, 0.2) is 34.0 Å². The molecular formula is C33H45N5O11. The summed E-state index contributed by atoms with van der Waals surface area (Å²) in [5.74, 6) is 3.88. The SMILES string of the molecule is CCC(O)Cn1ccc(=O)n(CCCCC#Cc2cc(CN(CC(=O)OC)CC(=O)OC)nc(CN(CC(=O)OC)CC(=O)OC)c2)c1=O. The number of hydrogen-bond acceptors (Lipinski definition) is 14. The van der Waals surface area contributed by atoms with E-state index >= 15 is 0 Å². The first-order valence-electron chi connectivity index (χ1n) is 15.6. The maximum atomic E-state index is 12.7. The zero-order chi connectivity index (χ0) is 36.3. The number of pyridine rings is 1. The fraction of sp³-hybridized carbons (Fsp3) is 0.545. The molecule has 16 heteroatoms. The molecule has 268 valence electrons. The Balaban J connectivity index is 2.30. The van der Waals surface area contributed by atoms with E-state index in [0.29, 0.717) is 42.6 Å². The van der Waals surface area contributed by atoms with Crippen molar-refractivity contribution in [3.8, 4) is 11.8 Å². The van der Waals surface area contributed by atoms with Crippen molar-refractivity contribution in [3.05, 3.63) is 62.2 Å². The number of unbranched alkanes of at least 4 members (excludes halogenated alkanes) is 2. The number of carbonyl (C=O) groups is 4. The highest BCUT2D eigenvalue weighted by Gasteiger charge is 2.20. The van der Waals surface area contributed by atoms with E-state index in [4.69, 9.17) is 18.9 Å². The lowest BCUT2D eigenvalue weighted by molar-refractivity contribution is -0.147. The fourth-order valence-electron chi connectivity index (χ4n) is 4.57. The van der Waals surface area contributed by atoms with Crippen LogP contribution in [0.4, 0.5) is 0 Å². The highest BCUT2D eigenvalue weighted by atomic mass is 16.5. The number of carbonyl (C=O) groups excluding carboxylic acids is 4. The van der Waals surface area contributed by atoms with Gasteiger partial charge >= 0.3 is 29.6 Å². The maximum Gasteiger partial charge on any atom is 0.331 e. The van der Waals surface area contributed by atoms with Gasteiger partial charge in [0, 0.05) is 43.9 Å². The van der Waals surface area contributed by atoms with Crippen LogP contribution in [0.25, 0.3) is 0 Å². The Kier molecular flexibility index (Phi) is 17.4. The van der Waals surface area contributed by atoms with Gasteiger partial charge in [0.25, 0.3) is 5.56 Å². The zero-order valence-corrected chi connectivity index (χ0v) is 28.6. The van der Waals surface area contributed by atoms with Gasteiger partial charge in [0.15, 0.2) is 0 Å². The molecule has 0 spiro atoms. The largest absolute Gasteiger partial charge is 0.468 e. The molecule has 0 amide bonds. The van der Waals surface area contributed by atoms with Gasteiger partial charge in [-0.2, -0.15) is 0 Å². The van der Waals surface area contributed by atoms with E-state index in [1.165, 1.54) is 55.1 Å². The molecule has 16 nitrogen and oxygen atoms in total. The molecule has 1 N–H and O–H groups in total. The zero-order valence-electron chi connectivity index (χ0n) is 28.6. The number of aliphatic hydroxyl groups excluding tert-OH is 1. The molecule has 0 aliphatic heterocycles. The van der Waals surface area contributed by atoms with Gasteiger partial charge in [-0.1, -0.05) is 18.8 Å². The Morgan fingerprint density at radius 2 is 1.33 bits per heavy atom. The van der Waals surface area contributed by atoms with E-state index in [2.05, 4.69) is 16.8 Å². The molecule has 0 aliphatic rings. The monoisotopic (exact) mass is 687 g/mol. The Bertz CT molecular complexity index is 1510. The molecule has 2 aromatic heterocycles. The van der Waals surface area contributed by atoms with Crippen LogP contribution in [-0.4, -0.2) is 114 Å². The highest BCUT2D eigenvalue weighted by Crippen LogP contribution is 2.12. The molecule has 0 fully saturated rings. The van der Waals surface area contributed by atoms with Crippen LogP contribution < -0.4 is 11.2 Å². The molecule has 0 radical (unpaired) electrons. The molecule has 1 atom stereocenters. The average molecular weight is 688 g/mol. The van der Waals surface area contributed by atoms with E-state index in [1.807, 2.05) is 0 Å². The molecule has 2 heterocycles. The summed E-state index contributed by atoms with van der Waals surface area (Å²) in [7, 11) is 4.93. The number of esters is 4. The van der Waals surface area contributed by atoms with Crippen LogP contribution in [0, 0.1) is 11.8 Å². The Morgan fingerprint density at radius 3 is 1.78 bits per heavy atom. The van der Waals surface area contributed by atoms with Gasteiger partial charge in [-0.3, -0.25) is 47.9 Å². The topological polar surface area (TPSA) is 189 Å². The Hall–Kier alpha value is -4.85. The average Bonchev–Trinajstić information content (AvgIpc) is 3.08. The van der Waals surface area contributed by atoms with Crippen LogP contribution in [0.3, 0.4) is 0 Å². The van der Waals surface area contributed by atoms with E-state index in [1.54, 1.807) is 19.1 Å². The van der Waals surface area contributed by atoms with E-state index in [9.17, 15) is 33.9 Å². The van der Waals surface area contributed by atoms with Crippen LogP contribution >= 0.6 is 0 Å². The summed E-state index contributed by atoms with van der Waals surface area (Å²) in [6.45, 7) is 1.30. The summed E-state index contributed by atoms with van der Waals surface area (Å²) in [6.07, 6.45) is 2.68. The summed E-state index contributed by atoms with van der Waals surface area (Å²) >= 11 is 0. The van der Waals surface area contributed by atoms with Crippen molar-refractivity contribution < 1.29 is 43.2 Å². The minimum absolute atomic E-state index is 0.0410. The third kappa shape index (κ3) is 14.4. The lowest BCUT2D eigenvalue weighted by atomic mass is 10.1. The van der Waals surface area contributed by atoms with Gasteiger partial charge in [-0.05, 0) is 31.4 Å². The minimum Gasteiger partial charge on any atom is -0.468 e. The number of hydrogen-bond donors (Lipinski definition) is 1. The van der Waals surface area contributed by atoms with Crippen LogP contribution in [0.1, 0.15) is 49.6 Å². The molecule has 1 unspecified atom stereocenters. The number of aromatic nitrogens is 3. The molecule has 49 heavy (non-hydrogen) atoms. The summed E-state index contributed by atoms with van der Waals surface area (Å²) in [5.41, 5.74) is 0.530. The van der Waals surface area contributed by atoms with E-state index < -0.39 is 41.2 Å². The van der Waals surface area contributed by atoms with Crippen molar-refractivity contribution in [1.82, 2.24) is 23.9 Å². The quantitative estimate of drug-likeness (QED) is 0.0877. The van der Waals surface area contributed by atoms with Crippen LogP contribution in [-0.2, 0) is 64.3 Å². The van der Waals surface area contributed by atoms with Crippen molar-refractivity contribution in [2.45, 2.75) is 64.9 Å².